The van der Waals surface area contributed by atoms with Crippen LogP contribution >= 0.6 is 7.82 Å². The third-order valence-corrected chi connectivity index (χ3v) is 5.90. The van der Waals surface area contributed by atoms with E-state index in [1.807, 2.05) is 0 Å². The summed E-state index contributed by atoms with van der Waals surface area (Å²) in [7, 11) is -3.87. The normalized spacial score (nSPS) is 34.3. The van der Waals surface area contributed by atoms with Crippen molar-refractivity contribution in [1.82, 2.24) is 14.5 Å². The number of ether oxygens (including phenoxy) is 1. The molecule has 4 rings (SSSR count). The molecular weight excluding hydrogens is 367 g/mol. The summed E-state index contributed by atoms with van der Waals surface area (Å²) < 4.78 is 34.9. The predicted octanol–water partition coefficient (Wildman–Crippen LogP) is 0.542. The fourth-order valence-corrected chi connectivity index (χ4v) is 4.33. The first-order chi connectivity index (χ1) is 12.3. The van der Waals surface area contributed by atoms with Crippen molar-refractivity contribution in [2.24, 2.45) is 0 Å². The number of phosphoric acid groups is 1. The van der Waals surface area contributed by atoms with Gasteiger partial charge in [0.05, 0.1) is 18.6 Å². The topological polar surface area (TPSA) is 151 Å². The lowest BCUT2D eigenvalue weighted by Gasteiger charge is -2.27. The van der Waals surface area contributed by atoms with Gasteiger partial charge in [-0.3, -0.25) is 13.6 Å². The van der Waals surface area contributed by atoms with Crippen molar-refractivity contribution in [3.63, 3.8) is 0 Å². The number of nitrogens with two attached hydrogens (primary N) is 1. The van der Waals surface area contributed by atoms with Crippen LogP contribution in [0.15, 0.2) is 18.6 Å². The third-order valence-electron chi connectivity index (χ3n) is 4.43. The molecule has 0 radical (unpaired) electrons. The zero-order chi connectivity index (χ0) is 18.5. The van der Waals surface area contributed by atoms with Crippen LogP contribution in [-0.2, 0) is 22.9 Å². The summed E-state index contributed by atoms with van der Waals surface area (Å²) in [6.45, 7) is 1.79. The van der Waals surface area contributed by atoms with Crippen molar-refractivity contribution >= 4 is 24.7 Å². The Labute approximate surface area is 148 Å². The summed E-state index contributed by atoms with van der Waals surface area (Å²) in [6, 6.07) is 1.67. The van der Waals surface area contributed by atoms with Gasteiger partial charge in [0.2, 0.25) is 6.29 Å². The summed E-state index contributed by atoms with van der Waals surface area (Å²) in [4.78, 5) is 8.05. The van der Waals surface area contributed by atoms with E-state index in [2.05, 4.69) is 9.97 Å². The lowest BCUT2D eigenvalue weighted by Crippen LogP contribution is -2.44. The van der Waals surface area contributed by atoms with Gasteiger partial charge >= 0.3 is 7.82 Å². The minimum atomic E-state index is -3.87. The molecule has 2 saturated heterocycles. The molecule has 4 heterocycles. The van der Waals surface area contributed by atoms with E-state index >= 15 is 0 Å². The van der Waals surface area contributed by atoms with Crippen LogP contribution in [-0.4, -0.2) is 56.0 Å². The molecule has 0 spiro atoms. The third kappa shape index (κ3) is 2.81. The number of aliphatic hydroxyl groups excluding tert-OH is 1. The molecule has 0 bridgehead atoms. The van der Waals surface area contributed by atoms with Gasteiger partial charge < -0.3 is 25.3 Å². The number of phosphoric ester groups is 1. The average Bonchev–Trinajstić information content (AvgIpc) is 3.11. The zero-order valence-corrected chi connectivity index (χ0v) is 14.8. The Hall–Kier alpha value is -1.59. The van der Waals surface area contributed by atoms with E-state index in [0.29, 0.717) is 17.5 Å². The summed E-state index contributed by atoms with van der Waals surface area (Å²) >= 11 is 0. The second-order valence-corrected chi connectivity index (χ2v) is 7.94. The molecule has 2 aromatic rings. The van der Waals surface area contributed by atoms with Crippen LogP contribution < -0.4 is 5.73 Å². The van der Waals surface area contributed by atoms with Crippen molar-refractivity contribution in [2.75, 3.05) is 18.9 Å². The van der Waals surface area contributed by atoms with Crippen molar-refractivity contribution < 1.29 is 33.1 Å². The second kappa shape index (κ2) is 6.24. The van der Waals surface area contributed by atoms with Crippen LogP contribution in [0, 0.1) is 0 Å². The van der Waals surface area contributed by atoms with Gasteiger partial charge in [-0.05, 0) is 19.4 Å². The number of nitrogen functional groups attached to an aromatic ring is 1. The minimum Gasteiger partial charge on any atom is -0.385 e. The molecule has 11 nitrogen and oxygen atoms in total. The van der Waals surface area contributed by atoms with Gasteiger partial charge in [-0.1, -0.05) is 0 Å². The van der Waals surface area contributed by atoms with E-state index in [4.69, 9.17) is 24.0 Å². The van der Waals surface area contributed by atoms with E-state index in [0.717, 1.165) is 0 Å². The maximum atomic E-state index is 12.4. The number of hydrogen-bond donors (Lipinski definition) is 3. The van der Waals surface area contributed by atoms with E-state index in [9.17, 15) is 14.8 Å². The fourth-order valence-electron chi connectivity index (χ4n) is 3.01. The summed E-state index contributed by atoms with van der Waals surface area (Å²) in [5.74, 6) is 0.271. The Bertz CT molecular complexity index is 862. The molecule has 0 aromatic carbocycles. The number of nitrogens with zero attached hydrogens (tertiary/aromatic N) is 3. The molecule has 2 aromatic heterocycles. The molecule has 12 heteroatoms. The predicted molar refractivity (Wildman–Crippen MR) is 87.7 cm³/mol. The average molecular weight is 386 g/mol. The van der Waals surface area contributed by atoms with Crippen LogP contribution in [0.2, 0.25) is 0 Å². The summed E-state index contributed by atoms with van der Waals surface area (Å²) in [5, 5.41) is 21.8. The van der Waals surface area contributed by atoms with E-state index in [1.165, 1.54) is 17.8 Å². The van der Waals surface area contributed by atoms with Crippen molar-refractivity contribution in [2.45, 2.75) is 37.6 Å². The van der Waals surface area contributed by atoms with Gasteiger partial charge in [-0.2, -0.15) is 0 Å². The van der Waals surface area contributed by atoms with Gasteiger partial charge in [-0.25, -0.2) is 14.5 Å². The van der Waals surface area contributed by atoms with Crippen molar-refractivity contribution in [1.29, 1.82) is 0 Å². The van der Waals surface area contributed by atoms with Gasteiger partial charge in [-0.15, -0.1) is 0 Å². The first-order valence-corrected chi connectivity index (χ1v) is 9.48. The van der Waals surface area contributed by atoms with Gasteiger partial charge in [0.25, 0.3) is 0 Å². The van der Waals surface area contributed by atoms with Gasteiger partial charge in [0.1, 0.15) is 29.5 Å². The van der Waals surface area contributed by atoms with Crippen LogP contribution in [0.25, 0.3) is 11.0 Å². The van der Waals surface area contributed by atoms with Gasteiger partial charge in [0, 0.05) is 6.20 Å². The number of hydrogen-bond acceptors (Lipinski definition) is 10. The van der Waals surface area contributed by atoms with Crippen LogP contribution in [0.1, 0.15) is 19.6 Å². The maximum Gasteiger partial charge on any atom is 0.477 e. The summed E-state index contributed by atoms with van der Waals surface area (Å²) in [5.41, 5.74) is 4.46. The molecule has 1 unspecified atom stereocenters. The summed E-state index contributed by atoms with van der Waals surface area (Å²) in [6.07, 6.45) is -0.549. The number of fused-ring (bicyclic) bond motifs is 1. The highest BCUT2D eigenvalue weighted by Gasteiger charge is 2.56. The number of anilines is 1. The lowest BCUT2D eigenvalue weighted by molar-refractivity contribution is -0.141. The Kier molecular flexibility index (Phi) is 4.27. The molecule has 2 aliphatic heterocycles. The van der Waals surface area contributed by atoms with Crippen molar-refractivity contribution in [3.05, 3.63) is 18.6 Å². The molecule has 142 valence electrons. The zero-order valence-electron chi connectivity index (χ0n) is 13.9. The standard InChI is InChI=1S/C14H19N4O7P/c1-14(20)9(19)12(25-26(21)22-5-2-6-23-26)24-13(14)18-4-3-8-10(15)16-7-17-11(8)18/h3-4,7,9,12-13,19-20H,2,5-6H2,1H3,(H2,15,16,17)/t9-,12?,13-,14-/m1/s1. The molecule has 4 atom stereocenters. The van der Waals surface area contributed by atoms with E-state index in [-0.39, 0.29) is 19.0 Å². The van der Waals surface area contributed by atoms with Crippen LogP contribution in [0.5, 0.6) is 0 Å². The molecular formula is C14H19N4O7P. The molecule has 0 amide bonds. The Balaban J connectivity index is 1.64. The monoisotopic (exact) mass is 386 g/mol. The quantitative estimate of drug-likeness (QED) is 0.638. The Morgan fingerprint density at radius 2 is 2.15 bits per heavy atom. The van der Waals surface area contributed by atoms with E-state index in [1.54, 1.807) is 12.3 Å². The first-order valence-electron chi connectivity index (χ1n) is 8.02. The number of aliphatic hydroxyl groups is 2. The highest BCUT2D eigenvalue weighted by atomic mass is 31.2. The molecule has 4 N–H and O–H groups in total. The van der Waals surface area contributed by atoms with E-state index < -0.39 is 32.0 Å². The molecule has 0 aliphatic carbocycles. The smallest absolute Gasteiger partial charge is 0.385 e. The molecule has 0 saturated carbocycles. The number of rotatable bonds is 3. The maximum absolute atomic E-state index is 12.4. The lowest BCUT2D eigenvalue weighted by atomic mass is 9.99. The first kappa shape index (κ1) is 17.8. The van der Waals surface area contributed by atoms with Crippen molar-refractivity contribution in [3.8, 4) is 0 Å². The highest BCUT2D eigenvalue weighted by Crippen LogP contribution is 2.55. The van der Waals surface area contributed by atoms with Crippen LogP contribution in [0.4, 0.5) is 5.82 Å². The molecule has 2 fully saturated rings. The van der Waals surface area contributed by atoms with Gasteiger partial charge in [0.15, 0.2) is 6.23 Å². The minimum absolute atomic E-state index is 0.207. The largest absolute Gasteiger partial charge is 0.477 e. The highest BCUT2D eigenvalue weighted by molar-refractivity contribution is 7.48. The Morgan fingerprint density at radius 3 is 2.88 bits per heavy atom. The SMILES string of the molecule is C[C@@]1(O)[C@H](O)C(OP2(=O)OCCCO2)O[C@H]1n1ccc2c(N)ncnc21. The number of aromatic nitrogens is 3. The molecule has 2 aliphatic rings. The van der Waals surface area contributed by atoms with Crippen LogP contribution in [0.3, 0.4) is 0 Å². The Morgan fingerprint density at radius 1 is 1.42 bits per heavy atom. The fraction of sp³-hybridized carbons (Fsp3) is 0.571. The second-order valence-electron chi connectivity index (χ2n) is 6.32. The molecule has 26 heavy (non-hydrogen) atoms.